The lowest BCUT2D eigenvalue weighted by atomic mass is 9.63. The molecule has 1 saturated carbocycles. The molecular weight excluding hydrogens is 234 g/mol. The summed E-state index contributed by atoms with van der Waals surface area (Å²) < 4.78 is 0. The summed E-state index contributed by atoms with van der Waals surface area (Å²) in [5, 5.41) is 11.4. The lowest BCUT2D eigenvalue weighted by molar-refractivity contribution is -0.0766. The monoisotopic (exact) mass is 259 g/mol. The predicted octanol–water partition coefficient (Wildman–Crippen LogP) is 3.83. The van der Waals surface area contributed by atoms with Gasteiger partial charge in [0.1, 0.15) is 0 Å². The van der Waals surface area contributed by atoms with Crippen molar-refractivity contribution in [2.75, 3.05) is 0 Å². The van der Waals surface area contributed by atoms with Crippen molar-refractivity contribution in [2.24, 2.45) is 5.92 Å². The van der Waals surface area contributed by atoms with Crippen LogP contribution >= 0.6 is 0 Å². The number of nitrogens with zero attached hydrogens (tertiary/aromatic N) is 1. The van der Waals surface area contributed by atoms with Crippen molar-refractivity contribution < 1.29 is 5.11 Å². The first kappa shape index (κ1) is 13.1. The molecule has 2 nitrogen and oxygen atoms in total. The number of hydrogen-bond acceptors (Lipinski definition) is 2. The highest BCUT2D eigenvalue weighted by Crippen LogP contribution is 2.48. The SMILES string of the molecule is CCC1CCCCC1(O)C1CCCc2cccnc21. The van der Waals surface area contributed by atoms with Crippen LogP contribution in [0, 0.1) is 5.92 Å². The van der Waals surface area contributed by atoms with Crippen molar-refractivity contribution in [3.05, 3.63) is 29.6 Å². The van der Waals surface area contributed by atoms with E-state index in [4.69, 9.17) is 0 Å². The molecule has 2 aliphatic rings. The van der Waals surface area contributed by atoms with E-state index in [0.29, 0.717) is 5.92 Å². The highest BCUT2D eigenvalue weighted by atomic mass is 16.3. The van der Waals surface area contributed by atoms with E-state index in [1.807, 2.05) is 12.3 Å². The van der Waals surface area contributed by atoms with Gasteiger partial charge in [0.15, 0.2) is 0 Å². The highest BCUT2D eigenvalue weighted by molar-refractivity contribution is 5.29. The minimum Gasteiger partial charge on any atom is -0.389 e. The molecule has 2 heteroatoms. The molecule has 1 aromatic rings. The lowest BCUT2D eigenvalue weighted by Gasteiger charge is -2.46. The van der Waals surface area contributed by atoms with Gasteiger partial charge in [-0.2, -0.15) is 0 Å². The maximum Gasteiger partial charge on any atom is 0.0759 e. The smallest absolute Gasteiger partial charge is 0.0759 e. The first-order valence-electron chi connectivity index (χ1n) is 7.92. The van der Waals surface area contributed by atoms with Crippen molar-refractivity contribution in [3.63, 3.8) is 0 Å². The first-order chi connectivity index (χ1) is 9.25. The normalized spacial score (nSPS) is 34.8. The Morgan fingerprint density at radius 2 is 2.21 bits per heavy atom. The van der Waals surface area contributed by atoms with Crippen LogP contribution in [0.25, 0.3) is 0 Å². The van der Waals surface area contributed by atoms with Gasteiger partial charge in [-0.15, -0.1) is 0 Å². The minimum absolute atomic E-state index is 0.266. The van der Waals surface area contributed by atoms with Crippen LogP contribution in [0.1, 0.15) is 69.0 Å². The molecule has 0 radical (unpaired) electrons. The van der Waals surface area contributed by atoms with Crippen LogP contribution in [0.4, 0.5) is 0 Å². The van der Waals surface area contributed by atoms with E-state index in [9.17, 15) is 5.11 Å². The van der Waals surface area contributed by atoms with Crippen LogP contribution in [0.15, 0.2) is 18.3 Å². The summed E-state index contributed by atoms with van der Waals surface area (Å²) in [6.45, 7) is 2.23. The van der Waals surface area contributed by atoms with E-state index < -0.39 is 5.60 Å². The van der Waals surface area contributed by atoms with Crippen molar-refractivity contribution in [2.45, 2.75) is 69.8 Å². The molecule has 1 heterocycles. The molecule has 0 spiro atoms. The van der Waals surface area contributed by atoms with Gasteiger partial charge >= 0.3 is 0 Å². The quantitative estimate of drug-likeness (QED) is 0.875. The topological polar surface area (TPSA) is 33.1 Å². The van der Waals surface area contributed by atoms with Crippen LogP contribution in [0.5, 0.6) is 0 Å². The van der Waals surface area contributed by atoms with Crippen molar-refractivity contribution in [1.82, 2.24) is 4.98 Å². The fourth-order valence-electron chi connectivity index (χ4n) is 4.37. The number of hydrogen-bond donors (Lipinski definition) is 1. The second kappa shape index (κ2) is 5.24. The van der Waals surface area contributed by atoms with Gasteiger partial charge in [0.25, 0.3) is 0 Å². The van der Waals surface area contributed by atoms with Crippen LogP contribution in [-0.4, -0.2) is 15.7 Å². The van der Waals surface area contributed by atoms with E-state index in [0.717, 1.165) is 25.7 Å². The Morgan fingerprint density at radius 1 is 1.32 bits per heavy atom. The molecule has 0 aromatic carbocycles. The van der Waals surface area contributed by atoms with Crippen molar-refractivity contribution in [3.8, 4) is 0 Å². The zero-order valence-electron chi connectivity index (χ0n) is 11.9. The summed E-state index contributed by atoms with van der Waals surface area (Å²) in [6.07, 6.45) is 11.0. The molecule has 3 atom stereocenters. The Kier molecular flexibility index (Phi) is 3.62. The third-order valence-corrected chi connectivity index (χ3v) is 5.38. The van der Waals surface area contributed by atoms with Crippen molar-refractivity contribution >= 4 is 0 Å². The van der Waals surface area contributed by atoms with Gasteiger partial charge in [0, 0.05) is 17.8 Å². The molecule has 0 amide bonds. The van der Waals surface area contributed by atoms with E-state index in [1.54, 1.807) is 0 Å². The van der Waals surface area contributed by atoms with Gasteiger partial charge in [-0.3, -0.25) is 4.98 Å². The summed E-state index contributed by atoms with van der Waals surface area (Å²) in [7, 11) is 0. The van der Waals surface area contributed by atoms with Gasteiger partial charge in [0.2, 0.25) is 0 Å². The first-order valence-corrected chi connectivity index (χ1v) is 7.92. The maximum atomic E-state index is 11.4. The molecule has 1 fully saturated rings. The van der Waals surface area contributed by atoms with Gasteiger partial charge < -0.3 is 5.11 Å². The zero-order chi connectivity index (χ0) is 13.3. The maximum absolute atomic E-state index is 11.4. The molecule has 0 saturated heterocycles. The average molecular weight is 259 g/mol. The summed E-state index contributed by atoms with van der Waals surface area (Å²) >= 11 is 0. The molecule has 19 heavy (non-hydrogen) atoms. The van der Waals surface area contributed by atoms with Gasteiger partial charge in [-0.1, -0.05) is 32.3 Å². The fraction of sp³-hybridized carbons (Fsp3) is 0.706. The van der Waals surface area contributed by atoms with E-state index in [-0.39, 0.29) is 5.92 Å². The second-order valence-corrected chi connectivity index (χ2v) is 6.33. The summed E-state index contributed by atoms with van der Waals surface area (Å²) in [5.74, 6) is 0.724. The zero-order valence-corrected chi connectivity index (χ0v) is 11.9. The molecule has 1 aromatic heterocycles. The Hall–Kier alpha value is -0.890. The Labute approximate surface area is 116 Å². The van der Waals surface area contributed by atoms with Crippen LogP contribution < -0.4 is 0 Å². The van der Waals surface area contributed by atoms with Crippen molar-refractivity contribution in [1.29, 1.82) is 0 Å². The third kappa shape index (κ3) is 2.20. The number of aryl methyl sites for hydroxylation is 1. The third-order valence-electron chi connectivity index (χ3n) is 5.38. The highest BCUT2D eigenvalue weighted by Gasteiger charge is 2.46. The van der Waals surface area contributed by atoms with Gasteiger partial charge in [-0.05, 0) is 49.7 Å². The number of aliphatic hydroxyl groups is 1. The molecule has 3 unspecified atom stereocenters. The molecule has 104 valence electrons. The van der Waals surface area contributed by atoms with Crippen LogP contribution in [0.2, 0.25) is 0 Å². The van der Waals surface area contributed by atoms with E-state index in [2.05, 4.69) is 18.0 Å². The van der Waals surface area contributed by atoms with Crippen LogP contribution in [0.3, 0.4) is 0 Å². The predicted molar refractivity (Wildman–Crippen MR) is 77.1 cm³/mol. The molecule has 3 rings (SSSR count). The summed E-state index contributed by atoms with van der Waals surface area (Å²) in [6, 6.07) is 4.23. The number of aromatic nitrogens is 1. The largest absolute Gasteiger partial charge is 0.389 e. The van der Waals surface area contributed by atoms with Gasteiger partial charge in [-0.25, -0.2) is 0 Å². The standard InChI is InChI=1S/C17H25NO/c1-2-14-9-3-4-11-17(14,19)15-10-5-7-13-8-6-12-18-16(13)15/h6,8,12,14-15,19H,2-5,7,9-11H2,1H3. The lowest BCUT2D eigenvalue weighted by Crippen LogP contribution is -2.47. The number of pyridine rings is 1. The molecular formula is C17H25NO. The van der Waals surface area contributed by atoms with Gasteiger partial charge in [0.05, 0.1) is 5.60 Å². The Balaban J connectivity index is 1.97. The number of fused-ring (bicyclic) bond motifs is 1. The molecule has 2 aliphatic carbocycles. The molecule has 0 aliphatic heterocycles. The Morgan fingerprint density at radius 3 is 3.05 bits per heavy atom. The Bertz CT molecular complexity index is 445. The minimum atomic E-state index is -0.503. The molecule has 1 N–H and O–H groups in total. The number of rotatable bonds is 2. The van der Waals surface area contributed by atoms with E-state index in [1.165, 1.54) is 36.9 Å². The summed E-state index contributed by atoms with van der Waals surface area (Å²) in [4.78, 5) is 4.63. The second-order valence-electron chi connectivity index (χ2n) is 6.33. The van der Waals surface area contributed by atoms with E-state index >= 15 is 0 Å². The average Bonchev–Trinajstić information content (AvgIpc) is 2.47. The van der Waals surface area contributed by atoms with Crippen LogP contribution in [-0.2, 0) is 6.42 Å². The fourth-order valence-corrected chi connectivity index (χ4v) is 4.37. The summed E-state index contributed by atoms with van der Waals surface area (Å²) in [5.41, 5.74) is 2.06. The molecule has 0 bridgehead atoms.